The minimum absolute atomic E-state index is 0.0947. The van der Waals surface area contributed by atoms with Crippen molar-refractivity contribution in [2.75, 3.05) is 26.8 Å². The van der Waals surface area contributed by atoms with Gasteiger partial charge in [0.2, 0.25) is 0 Å². The van der Waals surface area contributed by atoms with E-state index in [4.69, 9.17) is 14.2 Å². The van der Waals surface area contributed by atoms with Gasteiger partial charge in [0.1, 0.15) is 0 Å². The average Bonchev–Trinajstić information content (AvgIpc) is 2.68. The fraction of sp³-hybridized carbons (Fsp3) is 0.739. The van der Waals surface area contributed by atoms with Crippen molar-refractivity contribution in [3.05, 3.63) is 23.0 Å². The van der Waals surface area contributed by atoms with Crippen molar-refractivity contribution >= 4 is 0 Å². The lowest BCUT2D eigenvalue weighted by atomic mass is 9.81. The second-order valence-electron chi connectivity index (χ2n) is 9.93. The van der Waals surface area contributed by atoms with Gasteiger partial charge in [0.15, 0.2) is 17.3 Å². The van der Waals surface area contributed by atoms with E-state index in [-0.39, 0.29) is 42.3 Å². The Balaban J connectivity index is 1.56. The number of methoxy groups -OCH3 is 1. The standard InChI is InChI=1S/C23H32F3NO4/c1-22(2,3)31-19-11-27-8-6-14-15(16(27)10-17(19)28)9-18(29-4)21(20(14)24)30-12-13-5-7-23(13,25)26/h9,13,16-17,19,28H,5-8,10-12H2,1-4H3/t13?,16-,17-,19-/m1/s1. The molecule has 0 bridgehead atoms. The van der Waals surface area contributed by atoms with Gasteiger partial charge in [0, 0.05) is 25.6 Å². The molecule has 174 valence electrons. The summed E-state index contributed by atoms with van der Waals surface area (Å²) in [6.45, 7) is 6.81. The SMILES string of the molecule is COc1cc2c(c(F)c1OCC1CCC1(F)F)CCN1C[C@@H](OC(C)(C)C)[C@H](O)C[C@H]21. The van der Waals surface area contributed by atoms with Crippen LogP contribution >= 0.6 is 0 Å². The van der Waals surface area contributed by atoms with Gasteiger partial charge < -0.3 is 19.3 Å². The zero-order valence-electron chi connectivity index (χ0n) is 18.6. The normalized spacial score (nSPS) is 30.2. The van der Waals surface area contributed by atoms with E-state index in [1.54, 1.807) is 6.07 Å². The minimum Gasteiger partial charge on any atom is -0.493 e. The molecule has 1 N–H and O–H groups in total. The van der Waals surface area contributed by atoms with Gasteiger partial charge in [-0.15, -0.1) is 0 Å². The molecule has 2 aliphatic heterocycles. The van der Waals surface area contributed by atoms with Crippen molar-refractivity contribution in [3.8, 4) is 11.5 Å². The summed E-state index contributed by atoms with van der Waals surface area (Å²) in [5, 5.41) is 10.7. The van der Waals surface area contributed by atoms with Crippen LogP contribution in [0.4, 0.5) is 13.2 Å². The fourth-order valence-electron chi connectivity index (χ4n) is 4.86. The topological polar surface area (TPSA) is 51.2 Å². The number of benzene rings is 1. The number of ether oxygens (including phenoxy) is 3. The molecule has 1 saturated heterocycles. The molecule has 0 radical (unpaired) electrons. The van der Waals surface area contributed by atoms with E-state index in [1.165, 1.54) is 7.11 Å². The number of piperidine rings is 1. The van der Waals surface area contributed by atoms with Crippen LogP contribution in [0.15, 0.2) is 6.07 Å². The van der Waals surface area contributed by atoms with Crippen LogP contribution in [-0.4, -0.2) is 60.5 Å². The van der Waals surface area contributed by atoms with Gasteiger partial charge in [-0.3, -0.25) is 4.90 Å². The van der Waals surface area contributed by atoms with Crippen molar-refractivity contribution in [3.63, 3.8) is 0 Å². The van der Waals surface area contributed by atoms with E-state index in [0.29, 0.717) is 37.9 Å². The minimum atomic E-state index is -2.75. The smallest absolute Gasteiger partial charge is 0.254 e. The summed E-state index contributed by atoms with van der Waals surface area (Å²) in [5.41, 5.74) is 0.903. The van der Waals surface area contributed by atoms with Crippen LogP contribution in [0.1, 0.15) is 57.2 Å². The molecule has 2 fully saturated rings. The largest absolute Gasteiger partial charge is 0.493 e. The van der Waals surface area contributed by atoms with Crippen LogP contribution in [0.25, 0.3) is 0 Å². The Labute approximate surface area is 181 Å². The number of aliphatic hydroxyl groups excluding tert-OH is 1. The Morgan fingerprint density at radius 1 is 1.29 bits per heavy atom. The van der Waals surface area contributed by atoms with Crippen molar-refractivity contribution in [1.82, 2.24) is 4.90 Å². The van der Waals surface area contributed by atoms with E-state index in [1.807, 2.05) is 20.8 Å². The molecule has 0 spiro atoms. The first kappa shape index (κ1) is 22.7. The van der Waals surface area contributed by atoms with Crippen LogP contribution in [-0.2, 0) is 11.2 Å². The molecule has 1 aromatic rings. The molecule has 31 heavy (non-hydrogen) atoms. The number of aliphatic hydroxyl groups is 1. The number of nitrogens with zero attached hydrogens (tertiary/aromatic N) is 1. The number of hydrogen-bond donors (Lipinski definition) is 1. The van der Waals surface area contributed by atoms with Gasteiger partial charge in [-0.05, 0) is 57.2 Å². The van der Waals surface area contributed by atoms with Crippen molar-refractivity contribution in [1.29, 1.82) is 0 Å². The second kappa shape index (κ2) is 8.12. The molecule has 8 heteroatoms. The first-order valence-corrected chi connectivity index (χ1v) is 11.0. The van der Waals surface area contributed by atoms with Crippen LogP contribution < -0.4 is 9.47 Å². The maximum atomic E-state index is 15.4. The third-order valence-electron chi connectivity index (χ3n) is 6.66. The van der Waals surface area contributed by atoms with E-state index in [9.17, 15) is 13.9 Å². The zero-order valence-corrected chi connectivity index (χ0v) is 18.6. The quantitative estimate of drug-likeness (QED) is 0.743. The Bertz CT molecular complexity index is 826. The highest BCUT2D eigenvalue weighted by Crippen LogP contribution is 2.47. The van der Waals surface area contributed by atoms with Gasteiger partial charge >= 0.3 is 0 Å². The maximum absolute atomic E-state index is 15.4. The second-order valence-corrected chi connectivity index (χ2v) is 9.93. The molecular weight excluding hydrogens is 411 g/mol. The summed E-state index contributed by atoms with van der Waals surface area (Å²) in [4.78, 5) is 2.21. The van der Waals surface area contributed by atoms with Gasteiger partial charge in [-0.1, -0.05) is 0 Å². The van der Waals surface area contributed by atoms with Gasteiger partial charge in [0.25, 0.3) is 5.92 Å². The Morgan fingerprint density at radius 3 is 2.61 bits per heavy atom. The monoisotopic (exact) mass is 443 g/mol. The maximum Gasteiger partial charge on any atom is 0.254 e. The third kappa shape index (κ3) is 4.39. The fourth-order valence-corrected chi connectivity index (χ4v) is 4.86. The lowest BCUT2D eigenvalue weighted by Crippen LogP contribution is -2.53. The van der Waals surface area contributed by atoms with Crippen molar-refractivity contribution in [2.24, 2.45) is 5.92 Å². The molecule has 1 saturated carbocycles. The molecule has 1 aliphatic carbocycles. The molecule has 4 atom stereocenters. The predicted molar refractivity (Wildman–Crippen MR) is 109 cm³/mol. The van der Waals surface area contributed by atoms with Crippen LogP contribution in [0.3, 0.4) is 0 Å². The summed E-state index contributed by atoms with van der Waals surface area (Å²) in [6.07, 6.45) is 0.133. The summed E-state index contributed by atoms with van der Waals surface area (Å²) < 4.78 is 59.5. The van der Waals surface area contributed by atoms with Crippen molar-refractivity contribution in [2.45, 2.75) is 76.2 Å². The van der Waals surface area contributed by atoms with Gasteiger partial charge in [-0.25, -0.2) is 13.2 Å². The summed E-state index contributed by atoms with van der Waals surface area (Å²) >= 11 is 0. The first-order valence-electron chi connectivity index (χ1n) is 11.0. The average molecular weight is 444 g/mol. The summed E-state index contributed by atoms with van der Waals surface area (Å²) in [5.74, 6) is -4.08. The van der Waals surface area contributed by atoms with Crippen LogP contribution in [0.2, 0.25) is 0 Å². The molecule has 0 aromatic heterocycles. The van der Waals surface area contributed by atoms with E-state index in [2.05, 4.69) is 4.90 Å². The van der Waals surface area contributed by atoms with E-state index < -0.39 is 23.8 Å². The number of halogens is 3. The predicted octanol–water partition coefficient (Wildman–Crippen LogP) is 4.11. The van der Waals surface area contributed by atoms with Crippen molar-refractivity contribution < 1.29 is 32.5 Å². The number of fused-ring (bicyclic) bond motifs is 3. The first-order chi connectivity index (χ1) is 14.5. The van der Waals surface area contributed by atoms with Crippen LogP contribution in [0, 0.1) is 11.7 Å². The Hall–Kier alpha value is -1.51. The van der Waals surface area contributed by atoms with Gasteiger partial charge in [0.05, 0.1) is 37.4 Å². The molecule has 5 nitrogen and oxygen atoms in total. The highest BCUT2D eigenvalue weighted by molar-refractivity contribution is 5.51. The highest BCUT2D eigenvalue weighted by Gasteiger charge is 2.49. The van der Waals surface area contributed by atoms with Crippen LogP contribution in [0.5, 0.6) is 11.5 Å². The highest BCUT2D eigenvalue weighted by atomic mass is 19.3. The molecule has 1 unspecified atom stereocenters. The summed E-state index contributed by atoms with van der Waals surface area (Å²) in [6, 6.07) is 1.58. The number of alkyl halides is 2. The summed E-state index contributed by atoms with van der Waals surface area (Å²) in [7, 11) is 1.41. The Kier molecular flexibility index (Phi) is 5.94. The number of rotatable bonds is 5. The zero-order chi connectivity index (χ0) is 22.6. The van der Waals surface area contributed by atoms with E-state index >= 15 is 4.39 Å². The Morgan fingerprint density at radius 2 is 2.03 bits per heavy atom. The molecule has 0 amide bonds. The molecule has 3 aliphatic rings. The lowest BCUT2D eigenvalue weighted by molar-refractivity contribution is -0.149. The number of hydrogen-bond acceptors (Lipinski definition) is 5. The molecular formula is C23H32F3NO4. The molecule has 4 rings (SSSR count). The molecule has 1 aromatic carbocycles. The van der Waals surface area contributed by atoms with E-state index in [0.717, 1.165) is 5.56 Å². The third-order valence-corrected chi connectivity index (χ3v) is 6.66. The molecule has 2 heterocycles. The van der Waals surface area contributed by atoms with Gasteiger partial charge in [-0.2, -0.15) is 0 Å². The lowest BCUT2D eigenvalue weighted by Gasteiger charge is -2.47.